The van der Waals surface area contributed by atoms with Crippen molar-refractivity contribution in [3.63, 3.8) is 0 Å². The van der Waals surface area contributed by atoms with Crippen LogP contribution in [0.25, 0.3) is 0 Å². The van der Waals surface area contributed by atoms with E-state index in [1.54, 1.807) is 7.11 Å². The number of ether oxygens (including phenoxy) is 2. The van der Waals surface area contributed by atoms with Gasteiger partial charge in [-0.25, -0.2) is 4.99 Å². The Hall–Kier alpha value is -2.73. The number of rotatable bonds is 9. The molecule has 1 aliphatic heterocycles. The number of hydrogen-bond donors (Lipinski definition) is 2. The van der Waals surface area contributed by atoms with Gasteiger partial charge in [0.2, 0.25) is 0 Å². The number of nitrogens with zero attached hydrogens (tertiary/aromatic N) is 2. The summed E-state index contributed by atoms with van der Waals surface area (Å²) in [6.45, 7) is 10.2. The Balaban J connectivity index is 1.48. The van der Waals surface area contributed by atoms with Crippen LogP contribution in [0.2, 0.25) is 0 Å². The van der Waals surface area contributed by atoms with Gasteiger partial charge < -0.3 is 25.0 Å². The van der Waals surface area contributed by atoms with E-state index in [4.69, 9.17) is 14.5 Å². The molecule has 168 valence electrons. The summed E-state index contributed by atoms with van der Waals surface area (Å²) in [4.78, 5) is 7.13. The number of nitrogens with one attached hydrogen (secondary N) is 2. The zero-order chi connectivity index (χ0) is 21.9. The molecule has 0 radical (unpaired) electrons. The van der Waals surface area contributed by atoms with E-state index in [0.29, 0.717) is 12.5 Å². The quantitative estimate of drug-likeness (QED) is 0.474. The van der Waals surface area contributed by atoms with Crippen molar-refractivity contribution in [2.45, 2.75) is 32.7 Å². The minimum Gasteiger partial charge on any atom is -0.497 e. The van der Waals surface area contributed by atoms with Crippen LogP contribution in [0.15, 0.2) is 53.5 Å². The SMILES string of the molecule is CCNC(=NCc1ccc(N2CCOCC2)cc1)NCCC(C)c1ccc(OC)cc1. The Morgan fingerprint density at radius 1 is 1.06 bits per heavy atom. The van der Waals surface area contributed by atoms with Gasteiger partial charge in [-0.15, -0.1) is 0 Å². The van der Waals surface area contributed by atoms with Gasteiger partial charge in [-0.2, -0.15) is 0 Å². The van der Waals surface area contributed by atoms with E-state index in [2.05, 4.69) is 65.8 Å². The molecule has 1 fully saturated rings. The first-order valence-electron chi connectivity index (χ1n) is 11.3. The Kier molecular flexibility index (Phi) is 9.03. The molecule has 2 N–H and O–H groups in total. The molecule has 0 aromatic heterocycles. The molecule has 1 heterocycles. The fourth-order valence-electron chi connectivity index (χ4n) is 3.65. The molecule has 2 aromatic carbocycles. The number of hydrogen-bond acceptors (Lipinski definition) is 4. The van der Waals surface area contributed by atoms with Gasteiger partial charge >= 0.3 is 0 Å². The maximum atomic E-state index is 5.44. The maximum Gasteiger partial charge on any atom is 0.191 e. The summed E-state index contributed by atoms with van der Waals surface area (Å²) < 4.78 is 10.7. The van der Waals surface area contributed by atoms with Crippen LogP contribution in [-0.2, 0) is 11.3 Å². The fraction of sp³-hybridized carbons (Fsp3) is 0.480. The lowest BCUT2D eigenvalue weighted by Gasteiger charge is -2.28. The van der Waals surface area contributed by atoms with Gasteiger partial charge in [0, 0.05) is 31.9 Å². The average molecular weight is 425 g/mol. The van der Waals surface area contributed by atoms with Crippen LogP contribution in [-0.4, -0.2) is 52.5 Å². The molecule has 1 saturated heterocycles. The molecule has 0 bridgehead atoms. The van der Waals surface area contributed by atoms with Gasteiger partial charge in [0.05, 0.1) is 26.9 Å². The number of anilines is 1. The smallest absolute Gasteiger partial charge is 0.191 e. The van der Waals surface area contributed by atoms with Crippen molar-refractivity contribution >= 4 is 11.6 Å². The summed E-state index contributed by atoms with van der Waals surface area (Å²) >= 11 is 0. The highest BCUT2D eigenvalue weighted by molar-refractivity contribution is 5.79. The molecular formula is C25H36N4O2. The molecule has 2 aromatic rings. The van der Waals surface area contributed by atoms with Crippen LogP contribution in [0.5, 0.6) is 5.75 Å². The first-order chi connectivity index (χ1) is 15.2. The Morgan fingerprint density at radius 2 is 1.77 bits per heavy atom. The van der Waals surface area contributed by atoms with Crippen LogP contribution >= 0.6 is 0 Å². The highest BCUT2D eigenvalue weighted by atomic mass is 16.5. The summed E-state index contributed by atoms with van der Waals surface area (Å²) in [7, 11) is 1.70. The summed E-state index contributed by atoms with van der Waals surface area (Å²) in [5, 5.41) is 6.81. The van der Waals surface area contributed by atoms with Crippen molar-refractivity contribution in [1.82, 2.24) is 10.6 Å². The number of morpholine rings is 1. The number of aliphatic imine (C=N–C) groups is 1. The van der Waals surface area contributed by atoms with Crippen LogP contribution in [0.3, 0.4) is 0 Å². The normalized spacial score (nSPS) is 15.5. The molecule has 1 atom stereocenters. The van der Waals surface area contributed by atoms with Gasteiger partial charge in [-0.1, -0.05) is 31.2 Å². The van der Waals surface area contributed by atoms with E-state index in [1.807, 2.05) is 12.1 Å². The first kappa shape index (κ1) is 22.9. The number of guanidine groups is 1. The van der Waals surface area contributed by atoms with E-state index in [9.17, 15) is 0 Å². The maximum absolute atomic E-state index is 5.44. The first-order valence-corrected chi connectivity index (χ1v) is 11.3. The molecule has 0 aliphatic carbocycles. The lowest BCUT2D eigenvalue weighted by Crippen LogP contribution is -2.38. The topological polar surface area (TPSA) is 58.1 Å². The summed E-state index contributed by atoms with van der Waals surface area (Å²) in [5.74, 6) is 2.23. The highest BCUT2D eigenvalue weighted by Gasteiger charge is 2.11. The summed E-state index contributed by atoms with van der Waals surface area (Å²) in [5.41, 5.74) is 3.79. The van der Waals surface area contributed by atoms with E-state index in [1.165, 1.54) is 16.8 Å². The summed E-state index contributed by atoms with van der Waals surface area (Å²) in [6, 6.07) is 17.0. The van der Waals surface area contributed by atoms with Gasteiger partial charge in [-0.3, -0.25) is 0 Å². The average Bonchev–Trinajstić information content (AvgIpc) is 2.83. The monoisotopic (exact) mass is 424 g/mol. The third-order valence-electron chi connectivity index (χ3n) is 5.63. The zero-order valence-corrected chi connectivity index (χ0v) is 19.1. The molecule has 1 aliphatic rings. The standard InChI is InChI=1S/C25H36N4O2/c1-4-26-25(27-14-13-20(2)22-7-11-24(30-3)12-8-22)28-19-21-5-9-23(10-6-21)29-15-17-31-18-16-29/h5-12,20H,4,13-19H2,1-3H3,(H2,26,27,28). The lowest BCUT2D eigenvalue weighted by atomic mass is 9.98. The second-order valence-electron chi connectivity index (χ2n) is 7.85. The minimum absolute atomic E-state index is 0.467. The molecule has 3 rings (SSSR count). The zero-order valence-electron chi connectivity index (χ0n) is 19.1. The van der Waals surface area contributed by atoms with Gasteiger partial charge in [0.15, 0.2) is 5.96 Å². The van der Waals surface area contributed by atoms with E-state index in [0.717, 1.165) is 57.5 Å². The predicted molar refractivity (Wildman–Crippen MR) is 128 cm³/mol. The third kappa shape index (κ3) is 7.17. The third-order valence-corrected chi connectivity index (χ3v) is 5.63. The van der Waals surface area contributed by atoms with Crippen molar-refractivity contribution < 1.29 is 9.47 Å². The lowest BCUT2D eigenvalue weighted by molar-refractivity contribution is 0.122. The van der Waals surface area contributed by atoms with Gasteiger partial charge in [-0.05, 0) is 54.7 Å². The number of methoxy groups -OCH3 is 1. The number of benzene rings is 2. The Labute approximate surface area is 186 Å². The highest BCUT2D eigenvalue weighted by Crippen LogP contribution is 2.21. The largest absolute Gasteiger partial charge is 0.497 e. The molecule has 1 unspecified atom stereocenters. The predicted octanol–water partition coefficient (Wildman–Crippen LogP) is 3.78. The van der Waals surface area contributed by atoms with Crippen molar-refractivity contribution in [2.24, 2.45) is 4.99 Å². The summed E-state index contributed by atoms with van der Waals surface area (Å²) in [6.07, 6.45) is 1.03. The van der Waals surface area contributed by atoms with Crippen LogP contribution in [0.1, 0.15) is 37.3 Å². The second kappa shape index (κ2) is 12.2. The molecular weight excluding hydrogens is 388 g/mol. The molecule has 0 amide bonds. The molecule has 0 saturated carbocycles. The van der Waals surface area contributed by atoms with Gasteiger partial charge in [0.1, 0.15) is 5.75 Å². The molecule has 0 spiro atoms. The van der Waals surface area contributed by atoms with E-state index >= 15 is 0 Å². The van der Waals surface area contributed by atoms with Gasteiger partial charge in [0.25, 0.3) is 0 Å². The van der Waals surface area contributed by atoms with E-state index < -0.39 is 0 Å². The van der Waals surface area contributed by atoms with Crippen molar-refractivity contribution in [2.75, 3.05) is 51.4 Å². The molecule has 31 heavy (non-hydrogen) atoms. The van der Waals surface area contributed by atoms with Crippen LogP contribution in [0, 0.1) is 0 Å². The molecule has 6 nitrogen and oxygen atoms in total. The molecule has 6 heteroatoms. The van der Waals surface area contributed by atoms with Crippen LogP contribution in [0.4, 0.5) is 5.69 Å². The van der Waals surface area contributed by atoms with E-state index in [-0.39, 0.29) is 0 Å². The van der Waals surface area contributed by atoms with Crippen molar-refractivity contribution in [1.29, 1.82) is 0 Å². The van der Waals surface area contributed by atoms with Crippen molar-refractivity contribution in [3.8, 4) is 5.75 Å². The Morgan fingerprint density at radius 3 is 2.42 bits per heavy atom. The fourth-order valence-corrected chi connectivity index (χ4v) is 3.65. The van der Waals surface area contributed by atoms with Crippen LogP contribution < -0.4 is 20.3 Å². The van der Waals surface area contributed by atoms with Crippen molar-refractivity contribution in [3.05, 3.63) is 59.7 Å². The minimum atomic E-state index is 0.467. The second-order valence-corrected chi connectivity index (χ2v) is 7.85. The Bertz CT molecular complexity index is 799.